The predicted molar refractivity (Wildman–Crippen MR) is 69.0 cm³/mol. The maximum Gasteiger partial charge on any atom is 0.363 e. The third-order valence-electron chi connectivity index (χ3n) is 3.83. The minimum absolute atomic E-state index is 3.45. The van der Waals surface area contributed by atoms with Gasteiger partial charge in [-0.1, -0.05) is 0 Å². The van der Waals surface area contributed by atoms with Crippen molar-refractivity contribution < 1.29 is 73.7 Å². The normalized spacial score (nSPS) is 45.2. The van der Waals surface area contributed by atoms with E-state index in [0.29, 0.717) is 0 Å². The molecular weight excluding hydrogens is 405 g/mol. The first-order valence-corrected chi connectivity index (χ1v) is 10.4. The van der Waals surface area contributed by atoms with Crippen LogP contribution >= 0.6 is 22.8 Å². The van der Waals surface area contributed by atoms with E-state index in [4.69, 9.17) is 29.4 Å². The van der Waals surface area contributed by atoms with Crippen LogP contribution in [0.5, 0.6) is 0 Å². The summed E-state index contributed by atoms with van der Waals surface area (Å²) in [6.07, 6.45) is -11.0. The highest BCUT2D eigenvalue weighted by Gasteiger charge is 2.86. The van der Waals surface area contributed by atoms with Crippen molar-refractivity contribution >= 4 is 22.8 Å². The van der Waals surface area contributed by atoms with E-state index in [9.17, 15) is 44.3 Å². The van der Waals surface area contributed by atoms with E-state index < -0.39 is 57.1 Å². The van der Waals surface area contributed by atoms with Crippen molar-refractivity contribution in [2.24, 2.45) is 0 Å². The minimum Gasteiger partial charge on any atom is -0.386 e. The summed E-state index contributed by atoms with van der Waals surface area (Å²) in [6.45, 7) is 0. The van der Waals surface area contributed by atoms with E-state index in [1.54, 1.807) is 0 Å². The number of rotatable bonds is 3. The molecule has 0 unspecified atom stereocenters. The fraction of sp³-hybridized carbons (Fsp3) is 1.00. The molecule has 6 atom stereocenters. The molecule has 1 rings (SSSR count). The van der Waals surface area contributed by atoms with Gasteiger partial charge in [0.15, 0.2) is 0 Å². The number of aliphatic hydroxyl groups excluding tert-OH is 3. The van der Waals surface area contributed by atoms with Crippen LogP contribution in [0.4, 0.5) is 0 Å². The van der Waals surface area contributed by atoms with Gasteiger partial charge < -0.3 is 60.0 Å². The fourth-order valence-electron chi connectivity index (χ4n) is 2.42. The van der Waals surface area contributed by atoms with Crippen molar-refractivity contribution in [1.82, 2.24) is 0 Å². The Morgan fingerprint density at radius 1 is 0.583 bits per heavy atom. The highest BCUT2D eigenvalue weighted by atomic mass is 31.2. The first-order chi connectivity index (χ1) is 10.2. The minimum atomic E-state index is -6.55. The van der Waals surface area contributed by atoms with Crippen LogP contribution < -0.4 is 0 Å². The van der Waals surface area contributed by atoms with Crippen LogP contribution in [0, 0.1) is 0 Å². The molecule has 1 saturated carbocycles. The summed E-state index contributed by atoms with van der Waals surface area (Å²) >= 11 is 0. The van der Waals surface area contributed by atoms with Gasteiger partial charge in [-0.15, -0.1) is 0 Å². The van der Waals surface area contributed by atoms with Gasteiger partial charge in [0.2, 0.25) is 16.0 Å². The third-order valence-corrected chi connectivity index (χ3v) is 8.41. The van der Waals surface area contributed by atoms with Crippen molar-refractivity contribution in [2.75, 3.05) is 0 Å². The summed E-state index contributed by atoms with van der Waals surface area (Å²) in [6, 6.07) is 0. The molecule has 18 heteroatoms. The molecule has 12 N–H and O–H groups in total. The summed E-state index contributed by atoms with van der Waals surface area (Å²) in [5.41, 5.74) is 0. The molecule has 0 aliphatic heterocycles. The zero-order valence-corrected chi connectivity index (χ0v) is 13.8. The maximum atomic E-state index is 11.5. The zero-order valence-electron chi connectivity index (χ0n) is 11.2. The molecule has 0 radical (unpaired) electrons. The molecule has 0 saturated heterocycles. The smallest absolute Gasteiger partial charge is 0.363 e. The van der Waals surface area contributed by atoms with E-state index in [1.807, 2.05) is 0 Å². The van der Waals surface area contributed by atoms with Crippen molar-refractivity contribution in [3.05, 3.63) is 0 Å². The number of aliphatic hydroxyl groups is 6. The molecule has 0 bridgehead atoms. The Balaban J connectivity index is 4.01. The van der Waals surface area contributed by atoms with Gasteiger partial charge in [0.05, 0.1) is 0 Å². The zero-order chi connectivity index (χ0) is 19.7. The van der Waals surface area contributed by atoms with Gasteiger partial charge in [-0.3, -0.25) is 13.7 Å². The lowest BCUT2D eigenvalue weighted by molar-refractivity contribution is -0.280. The molecule has 0 spiro atoms. The Morgan fingerprint density at radius 2 is 0.917 bits per heavy atom. The fourth-order valence-corrected chi connectivity index (χ4v) is 6.41. The SMILES string of the molecule is O=P(O)(O)[C@@]1(O)[C@H](O)[C@H](O)[C@](O)(P(=O)(O)O)[C@@](O)(P(=O)(O)O)[C@H]1O. The van der Waals surface area contributed by atoms with Gasteiger partial charge in [-0.05, 0) is 0 Å². The van der Waals surface area contributed by atoms with Crippen molar-refractivity contribution in [3.63, 3.8) is 0 Å². The van der Waals surface area contributed by atoms with Crippen LogP contribution in [0.2, 0.25) is 0 Å². The van der Waals surface area contributed by atoms with Gasteiger partial charge >= 0.3 is 22.8 Å². The molecule has 1 aliphatic carbocycles. The standard InChI is InChI=1S/C6H15O15P3/c7-1-2(8)5(11,23(16,17)18)6(12,24(19,20)21)3(9)4(1,10)22(13,14)15/h1-3,7-12H,(H2,13,14,15)(H2,16,17,18)(H2,19,20,21)/t1-,2+,3+,4+,5+,6+/m1/s1. The average Bonchev–Trinajstić information content (AvgIpc) is 2.36. The summed E-state index contributed by atoms with van der Waals surface area (Å²) in [7, 11) is -19.2. The molecular formula is C6H15O15P3. The molecule has 1 fully saturated rings. The second kappa shape index (κ2) is 5.60. The third kappa shape index (κ3) is 2.42. The van der Waals surface area contributed by atoms with E-state index >= 15 is 0 Å². The quantitative estimate of drug-likeness (QED) is 0.190. The Hall–Kier alpha value is 0.210. The Kier molecular flexibility index (Phi) is 5.19. The lowest BCUT2D eigenvalue weighted by Crippen LogP contribution is -2.80. The summed E-state index contributed by atoms with van der Waals surface area (Å²) < 4.78 is 34.2. The molecule has 144 valence electrons. The van der Waals surface area contributed by atoms with Crippen LogP contribution in [-0.4, -0.2) is 94.3 Å². The molecule has 0 amide bonds. The van der Waals surface area contributed by atoms with Crippen molar-refractivity contribution in [1.29, 1.82) is 0 Å². The van der Waals surface area contributed by atoms with E-state index in [1.165, 1.54) is 0 Å². The first-order valence-electron chi connectivity index (χ1n) is 5.60. The molecule has 15 nitrogen and oxygen atoms in total. The molecule has 1 aliphatic rings. The van der Waals surface area contributed by atoms with Crippen LogP contribution in [0.15, 0.2) is 0 Å². The highest BCUT2D eigenvalue weighted by molar-refractivity contribution is 7.58. The average molecular weight is 420 g/mol. The molecule has 24 heavy (non-hydrogen) atoms. The van der Waals surface area contributed by atoms with Gasteiger partial charge in [-0.25, -0.2) is 0 Å². The van der Waals surface area contributed by atoms with E-state index in [0.717, 1.165) is 0 Å². The van der Waals surface area contributed by atoms with E-state index in [-0.39, 0.29) is 0 Å². The molecule has 0 aromatic rings. The van der Waals surface area contributed by atoms with Crippen molar-refractivity contribution in [2.45, 2.75) is 34.3 Å². The molecule has 0 aromatic carbocycles. The Bertz CT molecular complexity index is 660. The van der Waals surface area contributed by atoms with E-state index in [2.05, 4.69) is 0 Å². The van der Waals surface area contributed by atoms with Crippen LogP contribution in [-0.2, 0) is 13.7 Å². The van der Waals surface area contributed by atoms with Crippen LogP contribution in [0.25, 0.3) is 0 Å². The monoisotopic (exact) mass is 420 g/mol. The lowest BCUT2D eigenvalue weighted by atomic mass is 9.83. The predicted octanol–water partition coefficient (Wildman–Crippen LogP) is -5.32. The number of hydrogen-bond donors (Lipinski definition) is 12. The second-order valence-electron chi connectivity index (χ2n) is 5.16. The van der Waals surface area contributed by atoms with Gasteiger partial charge in [-0.2, -0.15) is 0 Å². The van der Waals surface area contributed by atoms with Crippen molar-refractivity contribution in [3.8, 4) is 0 Å². The van der Waals surface area contributed by atoms with Gasteiger partial charge in [0.1, 0.15) is 18.3 Å². The first kappa shape index (κ1) is 22.3. The largest absolute Gasteiger partial charge is 0.386 e. The summed E-state index contributed by atoms with van der Waals surface area (Å²) in [4.78, 5) is 54.4. The topological polar surface area (TPSA) is 294 Å². The maximum absolute atomic E-state index is 11.5. The summed E-state index contributed by atoms with van der Waals surface area (Å²) in [5.74, 6) is 0. The Labute approximate surface area is 131 Å². The van der Waals surface area contributed by atoms with Crippen LogP contribution in [0.1, 0.15) is 0 Å². The second-order valence-corrected chi connectivity index (χ2v) is 10.5. The molecule has 0 heterocycles. The van der Waals surface area contributed by atoms with Crippen LogP contribution in [0.3, 0.4) is 0 Å². The van der Waals surface area contributed by atoms with Gasteiger partial charge in [0.25, 0.3) is 0 Å². The van der Waals surface area contributed by atoms with Gasteiger partial charge in [0, 0.05) is 0 Å². The lowest BCUT2D eigenvalue weighted by Gasteiger charge is -2.57. The highest BCUT2D eigenvalue weighted by Crippen LogP contribution is 2.74. The molecule has 0 aromatic heterocycles. The number of hydrogen-bond acceptors (Lipinski definition) is 9. The Morgan fingerprint density at radius 3 is 1.17 bits per heavy atom. The summed E-state index contributed by atoms with van der Waals surface area (Å²) in [5, 5.41) is 44.7.